The molecule has 2 aromatic heterocycles. The molecule has 4 aromatic rings. The number of fused-ring (bicyclic) bond motifs is 5. The summed E-state index contributed by atoms with van der Waals surface area (Å²) in [6, 6.07) is 10.7. The van der Waals surface area contributed by atoms with Crippen LogP contribution in [0, 0.1) is 0 Å². The van der Waals surface area contributed by atoms with Gasteiger partial charge in [-0.1, -0.05) is 18.2 Å². The van der Waals surface area contributed by atoms with Gasteiger partial charge in [-0.15, -0.1) is 0 Å². The SMILES string of the molecule is COc1cc2c(=O)n(C)c3c4ccccc4[nH]c(=O)c3c2cc1OC. The molecule has 6 nitrogen and oxygen atoms in total. The van der Waals surface area contributed by atoms with Crippen LogP contribution in [-0.2, 0) is 7.05 Å². The van der Waals surface area contributed by atoms with Crippen molar-refractivity contribution < 1.29 is 9.47 Å². The summed E-state index contributed by atoms with van der Waals surface area (Å²) in [5.74, 6) is 0.917. The normalized spacial score (nSPS) is 11.3. The summed E-state index contributed by atoms with van der Waals surface area (Å²) in [6.07, 6.45) is 0. The minimum Gasteiger partial charge on any atom is -0.493 e. The van der Waals surface area contributed by atoms with Crippen LogP contribution in [0.3, 0.4) is 0 Å². The van der Waals surface area contributed by atoms with E-state index in [1.165, 1.54) is 18.8 Å². The van der Waals surface area contributed by atoms with Crippen LogP contribution < -0.4 is 20.6 Å². The molecule has 0 bridgehead atoms. The highest BCUT2D eigenvalue weighted by atomic mass is 16.5. The first-order valence-corrected chi connectivity index (χ1v) is 7.76. The van der Waals surface area contributed by atoms with E-state index in [0.29, 0.717) is 38.7 Å². The van der Waals surface area contributed by atoms with Crippen molar-refractivity contribution in [3.8, 4) is 11.5 Å². The van der Waals surface area contributed by atoms with Crippen LogP contribution in [0.15, 0.2) is 46.0 Å². The van der Waals surface area contributed by atoms with Crippen LogP contribution in [0.1, 0.15) is 0 Å². The fourth-order valence-electron chi connectivity index (χ4n) is 3.37. The highest BCUT2D eigenvalue weighted by molar-refractivity contribution is 6.14. The van der Waals surface area contributed by atoms with Crippen LogP contribution in [0.2, 0.25) is 0 Å². The van der Waals surface area contributed by atoms with Gasteiger partial charge in [-0.3, -0.25) is 9.59 Å². The first-order chi connectivity index (χ1) is 12.1. The van der Waals surface area contributed by atoms with Gasteiger partial charge >= 0.3 is 0 Å². The maximum Gasteiger partial charge on any atom is 0.258 e. The summed E-state index contributed by atoms with van der Waals surface area (Å²) in [5, 5.41) is 2.22. The lowest BCUT2D eigenvalue weighted by Gasteiger charge is -2.14. The lowest BCUT2D eigenvalue weighted by Crippen LogP contribution is -2.21. The predicted octanol–water partition coefficient (Wildman–Crippen LogP) is 2.55. The maximum absolute atomic E-state index is 12.9. The highest BCUT2D eigenvalue weighted by Gasteiger charge is 2.17. The van der Waals surface area contributed by atoms with Gasteiger partial charge in [0.15, 0.2) is 11.5 Å². The topological polar surface area (TPSA) is 73.3 Å². The van der Waals surface area contributed by atoms with Gasteiger partial charge in [0.25, 0.3) is 11.1 Å². The Morgan fingerprint density at radius 3 is 2.24 bits per heavy atom. The van der Waals surface area contributed by atoms with Gasteiger partial charge in [0, 0.05) is 17.8 Å². The van der Waals surface area contributed by atoms with E-state index < -0.39 is 0 Å². The van der Waals surface area contributed by atoms with E-state index in [9.17, 15) is 9.59 Å². The van der Waals surface area contributed by atoms with Crippen molar-refractivity contribution in [1.29, 1.82) is 0 Å². The van der Waals surface area contributed by atoms with Crippen LogP contribution >= 0.6 is 0 Å². The highest BCUT2D eigenvalue weighted by Crippen LogP contribution is 2.34. The van der Waals surface area contributed by atoms with Gasteiger partial charge in [-0.25, -0.2) is 0 Å². The average molecular weight is 336 g/mol. The van der Waals surface area contributed by atoms with E-state index in [0.717, 1.165) is 5.39 Å². The molecular formula is C19H16N2O4. The minimum absolute atomic E-state index is 0.195. The number of rotatable bonds is 2. The molecule has 2 aromatic carbocycles. The fraction of sp³-hybridized carbons (Fsp3) is 0.158. The van der Waals surface area contributed by atoms with Crippen LogP contribution in [0.25, 0.3) is 32.6 Å². The Kier molecular flexibility index (Phi) is 3.28. The number of aryl methyl sites for hydroxylation is 1. The zero-order valence-electron chi connectivity index (χ0n) is 14.0. The zero-order valence-corrected chi connectivity index (χ0v) is 14.0. The molecule has 4 rings (SSSR count). The summed E-state index contributed by atoms with van der Waals surface area (Å²) < 4.78 is 12.2. The number of pyridine rings is 2. The van der Waals surface area contributed by atoms with Gasteiger partial charge in [0.05, 0.1) is 36.0 Å². The Bertz CT molecular complexity index is 1270. The smallest absolute Gasteiger partial charge is 0.258 e. The van der Waals surface area contributed by atoms with E-state index in [4.69, 9.17) is 9.47 Å². The number of benzene rings is 2. The zero-order chi connectivity index (χ0) is 17.7. The number of hydrogen-bond acceptors (Lipinski definition) is 4. The second-order valence-corrected chi connectivity index (χ2v) is 5.84. The minimum atomic E-state index is -0.249. The number of nitrogens with zero attached hydrogens (tertiary/aromatic N) is 1. The van der Waals surface area contributed by atoms with Gasteiger partial charge in [-0.05, 0) is 18.2 Å². The largest absolute Gasteiger partial charge is 0.493 e. The number of hydrogen-bond donors (Lipinski definition) is 1. The first-order valence-electron chi connectivity index (χ1n) is 7.76. The third-order valence-electron chi connectivity index (χ3n) is 4.56. The molecule has 0 unspecified atom stereocenters. The average Bonchev–Trinajstić information content (AvgIpc) is 2.64. The fourth-order valence-corrected chi connectivity index (χ4v) is 3.37. The quantitative estimate of drug-likeness (QED) is 0.571. The van der Waals surface area contributed by atoms with Gasteiger partial charge in [-0.2, -0.15) is 0 Å². The van der Waals surface area contributed by atoms with Crippen molar-refractivity contribution in [1.82, 2.24) is 9.55 Å². The number of ether oxygens (including phenoxy) is 2. The molecule has 0 saturated carbocycles. The van der Waals surface area contributed by atoms with E-state index in [1.807, 2.05) is 24.3 Å². The summed E-state index contributed by atoms with van der Waals surface area (Å²) in [7, 11) is 4.70. The number of methoxy groups -OCH3 is 2. The van der Waals surface area contributed by atoms with Crippen molar-refractivity contribution in [3.05, 3.63) is 57.1 Å². The monoisotopic (exact) mass is 336 g/mol. The number of aromatic amines is 1. The van der Waals surface area contributed by atoms with Gasteiger partial charge in [0.1, 0.15) is 0 Å². The van der Waals surface area contributed by atoms with Crippen molar-refractivity contribution in [2.24, 2.45) is 7.05 Å². The van der Waals surface area contributed by atoms with Crippen molar-refractivity contribution in [3.63, 3.8) is 0 Å². The molecule has 126 valence electrons. The van der Waals surface area contributed by atoms with Crippen molar-refractivity contribution in [2.75, 3.05) is 14.2 Å². The Balaban J connectivity index is 2.38. The maximum atomic E-state index is 12.9. The van der Waals surface area contributed by atoms with Gasteiger partial charge < -0.3 is 19.0 Å². The van der Waals surface area contributed by atoms with Crippen LogP contribution in [0.5, 0.6) is 11.5 Å². The number of nitrogens with one attached hydrogen (secondary N) is 1. The van der Waals surface area contributed by atoms with Crippen molar-refractivity contribution >= 4 is 32.6 Å². The van der Waals surface area contributed by atoms with Crippen LogP contribution in [-0.4, -0.2) is 23.8 Å². The van der Waals surface area contributed by atoms with E-state index in [2.05, 4.69) is 4.98 Å². The molecule has 2 heterocycles. The molecule has 0 saturated heterocycles. The van der Waals surface area contributed by atoms with Crippen LogP contribution in [0.4, 0.5) is 0 Å². The molecular weight excluding hydrogens is 320 g/mol. The molecule has 0 aliphatic carbocycles. The molecule has 0 atom stereocenters. The molecule has 1 N–H and O–H groups in total. The molecule has 0 amide bonds. The van der Waals surface area contributed by atoms with Crippen molar-refractivity contribution in [2.45, 2.75) is 0 Å². The molecule has 0 spiro atoms. The molecule has 25 heavy (non-hydrogen) atoms. The number of H-pyrrole nitrogens is 1. The molecule has 0 radical (unpaired) electrons. The Hall–Kier alpha value is -3.28. The first kappa shape index (κ1) is 15.3. The summed E-state index contributed by atoms with van der Waals surface area (Å²) >= 11 is 0. The standard InChI is InChI=1S/C19H16N2O4/c1-21-17-10-6-4-5-7-13(10)20-18(22)16(17)11-8-14(24-2)15(25-3)9-12(11)19(21)23/h4-9H,1-3H3,(H,20,22). The Morgan fingerprint density at radius 1 is 0.920 bits per heavy atom. The van der Waals surface area contributed by atoms with Gasteiger partial charge in [0.2, 0.25) is 0 Å². The lowest BCUT2D eigenvalue weighted by atomic mass is 10.0. The van der Waals surface area contributed by atoms with E-state index in [1.54, 1.807) is 19.2 Å². The Morgan fingerprint density at radius 2 is 1.56 bits per heavy atom. The molecule has 0 fully saturated rings. The summed E-state index contributed by atoms with van der Waals surface area (Å²) in [5.41, 5.74) is 0.847. The Labute approximate surface area is 142 Å². The number of para-hydroxylation sites is 1. The lowest BCUT2D eigenvalue weighted by molar-refractivity contribution is 0.356. The third-order valence-corrected chi connectivity index (χ3v) is 4.56. The number of aromatic nitrogens is 2. The summed E-state index contributed by atoms with van der Waals surface area (Å²) in [4.78, 5) is 28.6. The summed E-state index contributed by atoms with van der Waals surface area (Å²) in [6.45, 7) is 0. The predicted molar refractivity (Wildman–Crippen MR) is 97.9 cm³/mol. The third kappa shape index (κ3) is 2.04. The van der Waals surface area contributed by atoms with E-state index >= 15 is 0 Å². The molecule has 6 heteroatoms. The van der Waals surface area contributed by atoms with E-state index in [-0.39, 0.29) is 11.1 Å². The molecule has 0 aliphatic heterocycles. The second-order valence-electron chi connectivity index (χ2n) is 5.84. The second kappa shape index (κ2) is 5.37. The molecule has 0 aliphatic rings.